The van der Waals surface area contributed by atoms with Crippen LogP contribution in [0, 0.1) is 12.3 Å². The van der Waals surface area contributed by atoms with Crippen molar-refractivity contribution in [2.45, 2.75) is 53.0 Å². The lowest BCUT2D eigenvalue weighted by atomic mass is 9.75. The summed E-state index contributed by atoms with van der Waals surface area (Å²) >= 11 is 0. The average Bonchev–Trinajstić information content (AvgIpc) is 3.27. The van der Waals surface area contributed by atoms with Crippen LogP contribution in [0.25, 0.3) is 0 Å². The van der Waals surface area contributed by atoms with Crippen LogP contribution in [0.4, 0.5) is 11.4 Å². The fraction of sp³-hybridized carbons (Fsp3) is 0.333. The molecule has 0 radical (unpaired) electrons. The number of furan rings is 1. The molecule has 0 bridgehead atoms. The van der Waals surface area contributed by atoms with Crippen LogP contribution in [0.3, 0.4) is 0 Å². The molecule has 1 atom stereocenters. The first-order valence-electron chi connectivity index (χ1n) is 11.3. The Balaban J connectivity index is 1.53. The number of benzene rings is 2. The van der Waals surface area contributed by atoms with Crippen LogP contribution in [-0.4, -0.2) is 17.7 Å². The Labute approximate surface area is 189 Å². The molecule has 1 unspecified atom stereocenters. The van der Waals surface area contributed by atoms with Crippen molar-refractivity contribution < 1.29 is 9.21 Å². The van der Waals surface area contributed by atoms with E-state index in [2.05, 4.69) is 32.3 Å². The van der Waals surface area contributed by atoms with Gasteiger partial charge in [-0.2, -0.15) is 5.10 Å². The van der Waals surface area contributed by atoms with E-state index in [0.29, 0.717) is 5.76 Å². The Morgan fingerprint density at radius 1 is 1.09 bits per heavy atom. The van der Waals surface area contributed by atoms with E-state index in [1.807, 2.05) is 60.4 Å². The fourth-order valence-corrected chi connectivity index (χ4v) is 5.04. The Kier molecular flexibility index (Phi) is 4.92. The first-order chi connectivity index (χ1) is 15.3. The van der Waals surface area contributed by atoms with Gasteiger partial charge in [-0.15, -0.1) is 0 Å². The zero-order valence-corrected chi connectivity index (χ0v) is 19.1. The van der Waals surface area contributed by atoms with Crippen LogP contribution in [0.2, 0.25) is 0 Å². The zero-order chi connectivity index (χ0) is 22.5. The number of carbonyl (C=O) groups excluding carboxylic acids is 1. The lowest BCUT2D eigenvalue weighted by Gasteiger charge is -2.29. The molecule has 5 nitrogen and oxygen atoms in total. The van der Waals surface area contributed by atoms with Gasteiger partial charge in [-0.05, 0) is 55.9 Å². The number of anilines is 2. The number of carbonyl (C=O) groups is 1. The molecule has 2 heterocycles. The van der Waals surface area contributed by atoms with Gasteiger partial charge in [0.05, 0.1) is 11.4 Å². The van der Waals surface area contributed by atoms with Crippen molar-refractivity contribution in [3.63, 3.8) is 0 Å². The predicted molar refractivity (Wildman–Crippen MR) is 129 cm³/mol. The molecule has 5 rings (SSSR count). The first kappa shape index (κ1) is 20.6. The number of para-hydroxylation sites is 2. The highest BCUT2D eigenvalue weighted by Crippen LogP contribution is 2.40. The van der Waals surface area contributed by atoms with Gasteiger partial charge in [0.1, 0.15) is 5.76 Å². The zero-order valence-electron chi connectivity index (χ0n) is 19.1. The summed E-state index contributed by atoms with van der Waals surface area (Å²) < 4.78 is 6.29. The average molecular weight is 428 g/mol. The van der Waals surface area contributed by atoms with Crippen molar-refractivity contribution in [2.75, 3.05) is 10.3 Å². The van der Waals surface area contributed by atoms with Crippen LogP contribution in [-0.2, 0) is 12.8 Å². The van der Waals surface area contributed by atoms with E-state index in [0.717, 1.165) is 53.2 Å². The summed E-state index contributed by atoms with van der Waals surface area (Å²) in [5, 5.41) is 4.75. The van der Waals surface area contributed by atoms with Gasteiger partial charge < -0.3 is 9.32 Å². The highest BCUT2D eigenvalue weighted by molar-refractivity contribution is 6.11. The normalized spacial score (nSPS) is 20.2. The maximum Gasteiger partial charge on any atom is 0.294 e. The molecule has 1 aliphatic carbocycles. The van der Waals surface area contributed by atoms with E-state index in [1.165, 1.54) is 5.56 Å². The third-order valence-corrected chi connectivity index (χ3v) is 6.51. The molecule has 2 aromatic carbocycles. The standard InChI is InChI=1S/C27H29N3O2/c1-17-14-19-10-8-9-13-22(19)30(17)26(31)25-18(2)24-21(15-27(3,4)16-23(24)32-25)29-28-20-11-6-5-7-12-20/h5-13,17,28H,14-16H2,1-4H3/b29-21-. The summed E-state index contributed by atoms with van der Waals surface area (Å²) in [5.74, 6) is 1.22. The molecule has 1 N–H and O–H groups in total. The predicted octanol–water partition coefficient (Wildman–Crippen LogP) is 5.97. The molecule has 2 aliphatic rings. The first-order valence-corrected chi connectivity index (χ1v) is 11.3. The van der Waals surface area contributed by atoms with E-state index in [4.69, 9.17) is 9.52 Å². The van der Waals surface area contributed by atoms with Crippen molar-refractivity contribution in [2.24, 2.45) is 10.5 Å². The Bertz CT molecular complexity index is 1210. The molecule has 0 spiro atoms. The van der Waals surface area contributed by atoms with Crippen LogP contribution in [0.15, 0.2) is 64.1 Å². The maximum atomic E-state index is 13.7. The molecule has 1 amide bonds. The Morgan fingerprint density at radius 2 is 1.81 bits per heavy atom. The second-order valence-corrected chi connectivity index (χ2v) is 9.77. The third-order valence-electron chi connectivity index (χ3n) is 6.51. The minimum atomic E-state index is -0.0671. The number of fused-ring (bicyclic) bond motifs is 2. The largest absolute Gasteiger partial charge is 0.455 e. The van der Waals surface area contributed by atoms with Crippen molar-refractivity contribution in [1.29, 1.82) is 0 Å². The SMILES string of the molecule is Cc1c(C(=O)N2c3ccccc3CC2C)oc2c1/C(=N\Nc1ccccc1)CC(C)(C)C2. The monoisotopic (exact) mass is 427 g/mol. The smallest absolute Gasteiger partial charge is 0.294 e. The number of hydrazone groups is 1. The summed E-state index contributed by atoms with van der Waals surface area (Å²) in [7, 11) is 0. The van der Waals surface area contributed by atoms with E-state index in [-0.39, 0.29) is 17.4 Å². The molecule has 0 fully saturated rings. The van der Waals surface area contributed by atoms with Gasteiger partial charge in [-0.25, -0.2) is 0 Å². The number of hydrogen-bond donors (Lipinski definition) is 1. The van der Waals surface area contributed by atoms with Gasteiger partial charge in [-0.3, -0.25) is 10.2 Å². The number of nitrogens with one attached hydrogen (secondary N) is 1. The molecule has 0 saturated heterocycles. The minimum Gasteiger partial charge on any atom is -0.455 e. The van der Waals surface area contributed by atoms with Crippen LogP contribution < -0.4 is 10.3 Å². The summed E-state index contributed by atoms with van der Waals surface area (Å²) in [5.41, 5.74) is 9.12. The lowest BCUT2D eigenvalue weighted by molar-refractivity contribution is 0.0950. The summed E-state index contributed by atoms with van der Waals surface area (Å²) in [6.45, 7) is 8.51. The molecular weight excluding hydrogens is 398 g/mol. The number of nitrogens with zero attached hydrogens (tertiary/aromatic N) is 2. The van der Waals surface area contributed by atoms with Crippen molar-refractivity contribution in [3.05, 3.63) is 82.8 Å². The van der Waals surface area contributed by atoms with Crippen molar-refractivity contribution in [3.8, 4) is 0 Å². The minimum absolute atomic E-state index is 0.00233. The molecule has 164 valence electrons. The number of rotatable bonds is 3. The molecule has 3 aromatic rings. The van der Waals surface area contributed by atoms with E-state index in [1.54, 1.807) is 0 Å². The van der Waals surface area contributed by atoms with E-state index >= 15 is 0 Å². The summed E-state index contributed by atoms with van der Waals surface area (Å²) in [4.78, 5) is 15.6. The van der Waals surface area contributed by atoms with Gasteiger partial charge in [0.25, 0.3) is 5.91 Å². The summed E-state index contributed by atoms with van der Waals surface area (Å²) in [6.07, 6.45) is 2.46. The highest BCUT2D eigenvalue weighted by Gasteiger charge is 2.39. The molecule has 1 aromatic heterocycles. The van der Waals surface area contributed by atoms with E-state index < -0.39 is 0 Å². The van der Waals surface area contributed by atoms with Gasteiger partial charge in [0, 0.05) is 29.3 Å². The van der Waals surface area contributed by atoms with Gasteiger partial charge in [-0.1, -0.05) is 50.2 Å². The van der Waals surface area contributed by atoms with Gasteiger partial charge in [0.15, 0.2) is 5.76 Å². The van der Waals surface area contributed by atoms with Crippen molar-refractivity contribution >= 4 is 23.0 Å². The molecule has 32 heavy (non-hydrogen) atoms. The second kappa shape index (κ2) is 7.66. The quantitative estimate of drug-likeness (QED) is 0.524. The number of amides is 1. The highest BCUT2D eigenvalue weighted by atomic mass is 16.4. The Morgan fingerprint density at radius 3 is 2.59 bits per heavy atom. The van der Waals surface area contributed by atoms with Crippen molar-refractivity contribution in [1.82, 2.24) is 0 Å². The molecule has 5 heteroatoms. The van der Waals surface area contributed by atoms with Crippen LogP contribution in [0.1, 0.15) is 60.2 Å². The van der Waals surface area contributed by atoms with E-state index in [9.17, 15) is 4.79 Å². The molecule has 0 saturated carbocycles. The number of hydrogen-bond acceptors (Lipinski definition) is 4. The molecule has 1 aliphatic heterocycles. The fourth-order valence-electron chi connectivity index (χ4n) is 5.04. The third kappa shape index (κ3) is 3.52. The van der Waals surface area contributed by atoms with Crippen LogP contribution in [0.5, 0.6) is 0 Å². The van der Waals surface area contributed by atoms with Crippen LogP contribution >= 0.6 is 0 Å². The molecular formula is C27H29N3O2. The second-order valence-electron chi connectivity index (χ2n) is 9.77. The van der Waals surface area contributed by atoms with Gasteiger partial charge >= 0.3 is 0 Å². The Hall–Kier alpha value is -3.34. The summed E-state index contributed by atoms with van der Waals surface area (Å²) in [6, 6.07) is 18.2. The van der Waals surface area contributed by atoms with Gasteiger partial charge in [0.2, 0.25) is 0 Å². The maximum absolute atomic E-state index is 13.7. The topological polar surface area (TPSA) is 57.8 Å². The lowest BCUT2D eigenvalue weighted by Crippen LogP contribution is -2.35.